The lowest BCUT2D eigenvalue weighted by Crippen LogP contribution is -2.47. The molecule has 1 aromatic rings. The smallest absolute Gasteiger partial charge is 0.315 e. The van der Waals surface area contributed by atoms with Crippen LogP contribution in [0.3, 0.4) is 0 Å². The molecule has 2 fully saturated rings. The zero-order chi connectivity index (χ0) is 18.5. The summed E-state index contributed by atoms with van der Waals surface area (Å²) in [7, 11) is 3.14. The average molecular weight is 361 g/mol. The first-order valence-corrected chi connectivity index (χ1v) is 9.20. The molecule has 1 aromatic carbocycles. The number of carbonyl (C=O) groups is 2. The zero-order valence-corrected chi connectivity index (χ0v) is 15.4. The number of carbonyl (C=O) groups excluding carboxylic acids is 2. The number of amides is 3. The fourth-order valence-corrected chi connectivity index (χ4v) is 3.71. The summed E-state index contributed by atoms with van der Waals surface area (Å²) in [5.41, 5.74) is 0.740. The monoisotopic (exact) mass is 361 g/mol. The molecule has 7 heteroatoms. The predicted molar refractivity (Wildman–Crippen MR) is 98.8 cm³/mol. The van der Waals surface area contributed by atoms with E-state index in [-0.39, 0.29) is 24.0 Å². The lowest BCUT2D eigenvalue weighted by molar-refractivity contribution is -0.117. The van der Waals surface area contributed by atoms with E-state index in [0.29, 0.717) is 24.5 Å². The number of ether oxygens (including phenoxy) is 2. The molecule has 0 radical (unpaired) electrons. The number of rotatable bonds is 5. The van der Waals surface area contributed by atoms with E-state index < -0.39 is 0 Å². The molecule has 1 saturated carbocycles. The van der Waals surface area contributed by atoms with E-state index in [0.717, 1.165) is 18.5 Å². The molecule has 3 amide bonds. The molecule has 0 spiro atoms. The van der Waals surface area contributed by atoms with Crippen molar-refractivity contribution in [2.45, 2.75) is 50.6 Å². The SMILES string of the molecule is COc1ccc(N2C[C@@H](NC(=O)NC3CCCCC3)CC2=O)cc1OC. The van der Waals surface area contributed by atoms with Crippen LogP contribution in [0.2, 0.25) is 0 Å². The minimum absolute atomic E-state index is 0.0137. The minimum Gasteiger partial charge on any atom is -0.493 e. The normalized spacial score (nSPS) is 20.8. The number of nitrogens with one attached hydrogen (secondary N) is 2. The van der Waals surface area contributed by atoms with Crippen LogP contribution in [0.4, 0.5) is 10.5 Å². The third-order valence-corrected chi connectivity index (χ3v) is 5.08. The summed E-state index contributed by atoms with van der Waals surface area (Å²) in [6, 6.07) is 5.26. The van der Waals surface area contributed by atoms with Crippen molar-refractivity contribution < 1.29 is 19.1 Å². The molecule has 0 aromatic heterocycles. The molecule has 26 heavy (non-hydrogen) atoms. The first kappa shape index (κ1) is 18.4. The molecule has 0 bridgehead atoms. The van der Waals surface area contributed by atoms with Gasteiger partial charge in [-0.15, -0.1) is 0 Å². The van der Waals surface area contributed by atoms with Gasteiger partial charge in [0.2, 0.25) is 5.91 Å². The molecule has 2 aliphatic rings. The third kappa shape index (κ3) is 4.20. The summed E-state index contributed by atoms with van der Waals surface area (Å²) in [5, 5.41) is 5.97. The molecule has 1 atom stereocenters. The number of hydrogen-bond donors (Lipinski definition) is 2. The van der Waals surface area contributed by atoms with Gasteiger partial charge in [0.15, 0.2) is 11.5 Å². The maximum Gasteiger partial charge on any atom is 0.315 e. The highest BCUT2D eigenvalue weighted by molar-refractivity contribution is 5.97. The molecule has 1 heterocycles. The Kier molecular flexibility index (Phi) is 5.85. The van der Waals surface area contributed by atoms with E-state index >= 15 is 0 Å². The van der Waals surface area contributed by atoms with Crippen LogP contribution in [-0.2, 0) is 4.79 Å². The van der Waals surface area contributed by atoms with Gasteiger partial charge >= 0.3 is 6.03 Å². The number of nitrogens with zero attached hydrogens (tertiary/aromatic N) is 1. The van der Waals surface area contributed by atoms with Gasteiger partial charge in [-0.3, -0.25) is 4.79 Å². The van der Waals surface area contributed by atoms with E-state index in [1.165, 1.54) is 19.3 Å². The molecule has 1 saturated heterocycles. The maximum absolute atomic E-state index is 12.4. The van der Waals surface area contributed by atoms with Crippen LogP contribution in [0, 0.1) is 0 Å². The molecule has 7 nitrogen and oxygen atoms in total. The van der Waals surface area contributed by atoms with Crippen molar-refractivity contribution in [3.8, 4) is 11.5 Å². The Morgan fingerprint density at radius 2 is 1.73 bits per heavy atom. The van der Waals surface area contributed by atoms with E-state index in [1.807, 2.05) is 6.07 Å². The summed E-state index contributed by atoms with van der Waals surface area (Å²) < 4.78 is 10.5. The van der Waals surface area contributed by atoms with E-state index in [4.69, 9.17) is 9.47 Å². The highest BCUT2D eigenvalue weighted by Gasteiger charge is 2.32. The minimum atomic E-state index is -0.195. The van der Waals surface area contributed by atoms with Crippen molar-refractivity contribution in [1.82, 2.24) is 10.6 Å². The Hall–Kier alpha value is -2.44. The van der Waals surface area contributed by atoms with Gasteiger partial charge in [-0.05, 0) is 25.0 Å². The van der Waals surface area contributed by atoms with Gasteiger partial charge in [-0.25, -0.2) is 4.79 Å². The quantitative estimate of drug-likeness (QED) is 0.844. The number of benzene rings is 1. The highest BCUT2D eigenvalue weighted by Crippen LogP contribution is 2.33. The lowest BCUT2D eigenvalue weighted by Gasteiger charge is -2.24. The zero-order valence-electron chi connectivity index (χ0n) is 15.4. The number of anilines is 1. The van der Waals surface area contributed by atoms with Gasteiger partial charge in [0.25, 0.3) is 0 Å². The van der Waals surface area contributed by atoms with Gasteiger partial charge in [0, 0.05) is 30.8 Å². The largest absolute Gasteiger partial charge is 0.493 e. The Morgan fingerprint density at radius 3 is 2.42 bits per heavy atom. The third-order valence-electron chi connectivity index (χ3n) is 5.08. The fourth-order valence-electron chi connectivity index (χ4n) is 3.71. The van der Waals surface area contributed by atoms with Crippen molar-refractivity contribution in [1.29, 1.82) is 0 Å². The number of hydrogen-bond acceptors (Lipinski definition) is 4. The van der Waals surface area contributed by atoms with Crippen molar-refractivity contribution in [3.63, 3.8) is 0 Å². The lowest BCUT2D eigenvalue weighted by atomic mass is 9.96. The Labute approximate surface area is 154 Å². The molecule has 1 aliphatic heterocycles. The van der Waals surface area contributed by atoms with Crippen LogP contribution in [0.5, 0.6) is 11.5 Å². The topological polar surface area (TPSA) is 79.9 Å². The predicted octanol–water partition coefficient (Wildman–Crippen LogP) is 2.44. The van der Waals surface area contributed by atoms with Gasteiger partial charge in [-0.2, -0.15) is 0 Å². The van der Waals surface area contributed by atoms with Gasteiger partial charge in [-0.1, -0.05) is 19.3 Å². The van der Waals surface area contributed by atoms with Crippen molar-refractivity contribution >= 4 is 17.6 Å². The average Bonchev–Trinajstić information content (AvgIpc) is 3.01. The van der Waals surface area contributed by atoms with E-state index in [2.05, 4.69) is 10.6 Å². The fraction of sp³-hybridized carbons (Fsp3) is 0.579. The Balaban J connectivity index is 1.58. The second-order valence-corrected chi connectivity index (χ2v) is 6.90. The molecule has 2 N–H and O–H groups in total. The first-order chi connectivity index (χ1) is 12.6. The molecular weight excluding hydrogens is 334 g/mol. The second kappa shape index (κ2) is 8.29. The maximum atomic E-state index is 12.4. The van der Waals surface area contributed by atoms with E-state index in [1.54, 1.807) is 31.3 Å². The molecule has 0 unspecified atom stereocenters. The summed E-state index contributed by atoms with van der Waals surface area (Å²) in [6.45, 7) is 0.451. The van der Waals surface area contributed by atoms with Crippen molar-refractivity contribution in [3.05, 3.63) is 18.2 Å². The molecule has 3 rings (SSSR count). The first-order valence-electron chi connectivity index (χ1n) is 9.20. The van der Waals surface area contributed by atoms with Gasteiger partial charge < -0.3 is 25.0 Å². The summed E-state index contributed by atoms with van der Waals surface area (Å²) >= 11 is 0. The van der Waals surface area contributed by atoms with E-state index in [9.17, 15) is 9.59 Å². The van der Waals surface area contributed by atoms with Crippen molar-refractivity contribution in [2.24, 2.45) is 0 Å². The molecule has 142 valence electrons. The summed E-state index contributed by atoms with van der Waals surface area (Å²) in [5.74, 6) is 1.17. The van der Waals surface area contributed by atoms with Crippen LogP contribution in [-0.4, -0.2) is 44.8 Å². The van der Waals surface area contributed by atoms with Crippen LogP contribution in [0.1, 0.15) is 38.5 Å². The standard InChI is InChI=1S/C19H27N3O4/c1-25-16-9-8-15(11-17(16)26-2)22-12-14(10-18(22)23)21-19(24)20-13-6-4-3-5-7-13/h8-9,11,13-14H,3-7,10,12H2,1-2H3,(H2,20,21,24)/t14-/m0/s1. The molecular formula is C19H27N3O4. The van der Waals surface area contributed by atoms with Crippen LogP contribution < -0.4 is 25.0 Å². The second-order valence-electron chi connectivity index (χ2n) is 6.90. The number of urea groups is 1. The number of methoxy groups -OCH3 is 2. The van der Waals surface area contributed by atoms with Gasteiger partial charge in [0.1, 0.15) is 0 Å². The van der Waals surface area contributed by atoms with Crippen LogP contribution in [0.15, 0.2) is 18.2 Å². The van der Waals surface area contributed by atoms with Crippen molar-refractivity contribution in [2.75, 3.05) is 25.7 Å². The molecule has 1 aliphatic carbocycles. The van der Waals surface area contributed by atoms with Gasteiger partial charge in [0.05, 0.1) is 20.3 Å². The Morgan fingerprint density at radius 1 is 1.04 bits per heavy atom. The Bertz CT molecular complexity index is 658. The summed E-state index contributed by atoms with van der Waals surface area (Å²) in [6.07, 6.45) is 5.95. The van der Waals surface area contributed by atoms with Crippen LogP contribution >= 0.6 is 0 Å². The van der Waals surface area contributed by atoms with Crippen LogP contribution in [0.25, 0.3) is 0 Å². The summed E-state index contributed by atoms with van der Waals surface area (Å²) in [4.78, 5) is 26.3. The highest BCUT2D eigenvalue weighted by atomic mass is 16.5.